The highest BCUT2D eigenvalue weighted by atomic mass is 35.5. The lowest BCUT2D eigenvalue weighted by molar-refractivity contribution is 0.290. The summed E-state index contributed by atoms with van der Waals surface area (Å²) in [5.74, 6) is 1.45. The molecule has 124 valence electrons. The minimum absolute atomic E-state index is 0.236. The Morgan fingerprint density at radius 2 is 1.91 bits per heavy atom. The first-order valence-corrected chi connectivity index (χ1v) is 8.31. The molecule has 2 aromatic carbocycles. The van der Waals surface area contributed by atoms with E-state index in [9.17, 15) is 0 Å². The van der Waals surface area contributed by atoms with Crippen molar-refractivity contribution in [2.45, 2.75) is 32.9 Å². The van der Waals surface area contributed by atoms with Gasteiger partial charge in [0.05, 0.1) is 13.7 Å². The van der Waals surface area contributed by atoms with Crippen molar-refractivity contribution in [3.05, 3.63) is 58.6 Å². The number of hydrogen-bond acceptors (Lipinski definition) is 3. The number of ether oxygens (including phenoxy) is 2. The van der Waals surface area contributed by atoms with Gasteiger partial charge in [-0.2, -0.15) is 0 Å². The zero-order valence-electron chi connectivity index (χ0n) is 13.9. The quantitative estimate of drug-likeness (QED) is 0.738. The Kier molecular flexibility index (Phi) is 6.75. The number of benzene rings is 2. The van der Waals surface area contributed by atoms with E-state index in [0.29, 0.717) is 23.9 Å². The molecule has 0 aromatic heterocycles. The summed E-state index contributed by atoms with van der Waals surface area (Å²) in [6.07, 6.45) is 0.944. The van der Waals surface area contributed by atoms with Crippen molar-refractivity contribution < 1.29 is 9.47 Å². The van der Waals surface area contributed by atoms with Gasteiger partial charge in [-0.25, -0.2) is 0 Å². The SMILES string of the molecule is CCCOc1c(CNC(C)c2ccccc2)cc(Cl)cc1OC. The number of nitrogens with one attached hydrogen (secondary N) is 1. The van der Waals surface area contributed by atoms with Crippen molar-refractivity contribution in [2.75, 3.05) is 13.7 Å². The third-order valence-electron chi connectivity index (χ3n) is 3.67. The van der Waals surface area contributed by atoms with Crippen LogP contribution < -0.4 is 14.8 Å². The molecular formula is C19H24ClNO2. The van der Waals surface area contributed by atoms with Crippen LogP contribution in [0.15, 0.2) is 42.5 Å². The Hall–Kier alpha value is -1.71. The first kappa shape index (κ1) is 17.6. The van der Waals surface area contributed by atoms with Crippen molar-refractivity contribution in [3.8, 4) is 11.5 Å². The van der Waals surface area contributed by atoms with E-state index in [4.69, 9.17) is 21.1 Å². The lowest BCUT2D eigenvalue weighted by atomic mass is 10.1. The van der Waals surface area contributed by atoms with Crippen LogP contribution in [0.1, 0.15) is 37.4 Å². The van der Waals surface area contributed by atoms with Crippen molar-refractivity contribution >= 4 is 11.6 Å². The Labute approximate surface area is 143 Å². The number of halogens is 1. The maximum absolute atomic E-state index is 6.20. The molecule has 4 heteroatoms. The summed E-state index contributed by atoms with van der Waals surface area (Å²) in [4.78, 5) is 0. The molecule has 3 nitrogen and oxygen atoms in total. The summed E-state index contributed by atoms with van der Waals surface area (Å²) in [6.45, 7) is 5.53. The van der Waals surface area contributed by atoms with Gasteiger partial charge in [0.2, 0.25) is 0 Å². The molecule has 0 saturated heterocycles. The van der Waals surface area contributed by atoms with Gasteiger partial charge < -0.3 is 14.8 Å². The maximum atomic E-state index is 6.20. The molecule has 0 saturated carbocycles. The first-order chi connectivity index (χ1) is 11.2. The molecule has 0 spiro atoms. The molecule has 0 bridgehead atoms. The van der Waals surface area contributed by atoms with Crippen LogP contribution in [0.25, 0.3) is 0 Å². The molecule has 2 aromatic rings. The summed E-state index contributed by atoms with van der Waals surface area (Å²) in [5.41, 5.74) is 2.25. The summed E-state index contributed by atoms with van der Waals surface area (Å²) in [5, 5.41) is 4.16. The average Bonchev–Trinajstić information content (AvgIpc) is 2.58. The molecule has 0 fully saturated rings. The Morgan fingerprint density at radius 1 is 1.17 bits per heavy atom. The summed E-state index contributed by atoms with van der Waals surface area (Å²) in [6, 6.07) is 14.3. The van der Waals surface area contributed by atoms with Crippen LogP contribution in [-0.4, -0.2) is 13.7 Å². The first-order valence-electron chi connectivity index (χ1n) is 7.93. The smallest absolute Gasteiger partial charge is 0.165 e. The number of methoxy groups -OCH3 is 1. The minimum atomic E-state index is 0.236. The standard InChI is InChI=1S/C19H24ClNO2/c1-4-10-23-19-16(11-17(20)12-18(19)22-3)13-21-14(2)15-8-6-5-7-9-15/h5-9,11-12,14,21H,4,10,13H2,1-3H3. The number of rotatable bonds is 8. The zero-order valence-corrected chi connectivity index (χ0v) is 14.7. The third kappa shape index (κ3) is 4.88. The molecule has 0 heterocycles. The van der Waals surface area contributed by atoms with Crippen LogP contribution in [-0.2, 0) is 6.54 Å². The van der Waals surface area contributed by atoms with E-state index in [1.165, 1.54) is 5.56 Å². The molecule has 1 N–H and O–H groups in total. The fraction of sp³-hybridized carbons (Fsp3) is 0.368. The summed E-state index contributed by atoms with van der Waals surface area (Å²) in [7, 11) is 1.63. The molecule has 0 aliphatic rings. The molecule has 1 atom stereocenters. The molecule has 0 aliphatic heterocycles. The fourth-order valence-electron chi connectivity index (χ4n) is 2.40. The topological polar surface area (TPSA) is 30.5 Å². The average molecular weight is 334 g/mol. The van der Waals surface area contributed by atoms with E-state index in [2.05, 4.69) is 31.3 Å². The molecule has 0 radical (unpaired) electrons. The van der Waals surface area contributed by atoms with Crippen LogP contribution in [0.3, 0.4) is 0 Å². The van der Waals surface area contributed by atoms with E-state index >= 15 is 0 Å². The Bertz CT molecular complexity index is 616. The largest absolute Gasteiger partial charge is 0.493 e. The monoisotopic (exact) mass is 333 g/mol. The Balaban J connectivity index is 2.16. The molecule has 1 unspecified atom stereocenters. The van der Waals surface area contributed by atoms with Crippen molar-refractivity contribution in [1.29, 1.82) is 0 Å². The molecular weight excluding hydrogens is 310 g/mol. The summed E-state index contributed by atoms with van der Waals surface area (Å²) < 4.78 is 11.3. The highest BCUT2D eigenvalue weighted by Gasteiger charge is 2.14. The van der Waals surface area contributed by atoms with Crippen molar-refractivity contribution in [3.63, 3.8) is 0 Å². The third-order valence-corrected chi connectivity index (χ3v) is 3.88. The van der Waals surface area contributed by atoms with Crippen LogP contribution in [0.2, 0.25) is 5.02 Å². The predicted molar refractivity (Wildman–Crippen MR) is 95.5 cm³/mol. The molecule has 0 aliphatic carbocycles. The number of hydrogen-bond donors (Lipinski definition) is 1. The highest BCUT2D eigenvalue weighted by Crippen LogP contribution is 2.35. The van der Waals surface area contributed by atoms with Crippen LogP contribution in [0.4, 0.5) is 0 Å². The highest BCUT2D eigenvalue weighted by molar-refractivity contribution is 6.30. The lowest BCUT2D eigenvalue weighted by Crippen LogP contribution is -2.18. The van der Waals surface area contributed by atoms with E-state index in [1.807, 2.05) is 24.3 Å². The van der Waals surface area contributed by atoms with Gasteiger partial charge in [-0.15, -0.1) is 0 Å². The van der Waals surface area contributed by atoms with Crippen molar-refractivity contribution in [1.82, 2.24) is 5.32 Å². The fourth-order valence-corrected chi connectivity index (χ4v) is 2.63. The predicted octanol–water partition coefficient (Wildman–Crippen LogP) is 4.99. The van der Waals surface area contributed by atoms with Crippen LogP contribution >= 0.6 is 11.6 Å². The van der Waals surface area contributed by atoms with E-state index in [-0.39, 0.29) is 6.04 Å². The van der Waals surface area contributed by atoms with E-state index < -0.39 is 0 Å². The van der Waals surface area contributed by atoms with Gasteiger partial charge in [0.1, 0.15) is 0 Å². The molecule has 0 amide bonds. The van der Waals surface area contributed by atoms with E-state index in [0.717, 1.165) is 17.7 Å². The second-order valence-corrected chi connectivity index (χ2v) is 5.89. The normalized spacial score (nSPS) is 12.0. The van der Waals surface area contributed by atoms with Gasteiger partial charge in [0.15, 0.2) is 11.5 Å². The van der Waals surface area contributed by atoms with Gasteiger partial charge in [0, 0.05) is 29.2 Å². The summed E-state index contributed by atoms with van der Waals surface area (Å²) >= 11 is 6.20. The Morgan fingerprint density at radius 3 is 2.57 bits per heavy atom. The second-order valence-electron chi connectivity index (χ2n) is 5.46. The van der Waals surface area contributed by atoms with Gasteiger partial charge in [-0.3, -0.25) is 0 Å². The van der Waals surface area contributed by atoms with Gasteiger partial charge in [0.25, 0.3) is 0 Å². The minimum Gasteiger partial charge on any atom is -0.493 e. The van der Waals surface area contributed by atoms with Crippen LogP contribution in [0, 0.1) is 0 Å². The lowest BCUT2D eigenvalue weighted by Gasteiger charge is -2.18. The molecule has 23 heavy (non-hydrogen) atoms. The second kappa shape index (κ2) is 8.80. The van der Waals surface area contributed by atoms with Gasteiger partial charge in [-0.05, 0) is 25.0 Å². The molecule has 2 rings (SSSR count). The van der Waals surface area contributed by atoms with E-state index in [1.54, 1.807) is 13.2 Å². The maximum Gasteiger partial charge on any atom is 0.165 e. The zero-order chi connectivity index (χ0) is 16.7. The van der Waals surface area contributed by atoms with Crippen LogP contribution in [0.5, 0.6) is 11.5 Å². The van der Waals surface area contributed by atoms with Gasteiger partial charge >= 0.3 is 0 Å². The van der Waals surface area contributed by atoms with Gasteiger partial charge in [-0.1, -0.05) is 48.9 Å². The van der Waals surface area contributed by atoms with Crippen molar-refractivity contribution in [2.24, 2.45) is 0 Å².